The molecule has 2 heterocycles. The topological polar surface area (TPSA) is 194 Å². The van der Waals surface area contributed by atoms with Crippen LogP contribution in [-0.2, 0) is 18.6 Å². The van der Waals surface area contributed by atoms with E-state index in [9.17, 15) is 39.2 Å². The van der Waals surface area contributed by atoms with E-state index in [1.807, 2.05) is 4.98 Å². The first-order chi connectivity index (χ1) is 12.1. The van der Waals surface area contributed by atoms with Gasteiger partial charge in [-0.25, -0.2) is 4.79 Å². The van der Waals surface area contributed by atoms with Crippen molar-refractivity contribution in [1.82, 2.24) is 9.55 Å². The minimum atomic E-state index is -4.78. The fourth-order valence-corrected chi connectivity index (χ4v) is 3.10. The van der Waals surface area contributed by atoms with Gasteiger partial charge in [-0.1, -0.05) is 12.7 Å². The number of aromatic amines is 1. The van der Waals surface area contributed by atoms with Gasteiger partial charge in [0.05, 0.1) is 18.3 Å². The average molecular weight is 436 g/mol. The summed E-state index contributed by atoms with van der Waals surface area (Å²) in [7, 11) is -4.78. The number of carbonyl (C=O) groups excluding carboxylic acids is 1. The summed E-state index contributed by atoms with van der Waals surface area (Å²) in [5.74, 6) is -1.87. The summed E-state index contributed by atoms with van der Waals surface area (Å²) in [6, 6.07) is 0. The number of aliphatic carboxylic acids is 1. The molecule has 0 spiro atoms. The number of aliphatic hydroxyl groups is 2. The number of H-pyrrole nitrogens is 1. The minimum Gasteiger partial charge on any atom is -0.778 e. The van der Waals surface area contributed by atoms with Gasteiger partial charge in [0.2, 0.25) is 0 Å². The number of nitrogens with one attached hydrogen (secondary N) is 1. The van der Waals surface area contributed by atoms with E-state index in [-0.39, 0.29) is 64.7 Å². The van der Waals surface area contributed by atoms with Gasteiger partial charge < -0.3 is 38.8 Å². The van der Waals surface area contributed by atoms with Crippen LogP contribution in [0.15, 0.2) is 22.4 Å². The summed E-state index contributed by atoms with van der Waals surface area (Å²) in [6.07, 6.45) is -5.30. The number of carboxylic acids is 1. The fourth-order valence-electron chi connectivity index (χ4n) is 2.32. The van der Waals surface area contributed by atoms with Crippen molar-refractivity contribution in [3.63, 3.8) is 0 Å². The Kier molecular flexibility index (Phi) is 11.3. The van der Waals surface area contributed by atoms with Crippen LogP contribution in [0.4, 0.5) is 0 Å². The third kappa shape index (κ3) is 6.73. The first-order valence-electron chi connectivity index (χ1n) is 7.19. The van der Waals surface area contributed by atoms with Crippen LogP contribution in [0.25, 0.3) is 6.08 Å². The molecule has 0 aliphatic carbocycles. The van der Waals surface area contributed by atoms with E-state index in [1.54, 1.807) is 0 Å². The van der Waals surface area contributed by atoms with Gasteiger partial charge in [-0.2, -0.15) is 0 Å². The first-order valence-corrected chi connectivity index (χ1v) is 8.92. The van der Waals surface area contributed by atoms with E-state index in [0.717, 1.165) is 16.8 Å². The smallest absolute Gasteiger partial charge is 0.778 e. The Balaban J connectivity index is 0.00000364. The van der Waals surface area contributed by atoms with Crippen LogP contribution in [0.1, 0.15) is 11.8 Å². The maximum atomic E-state index is 11.9. The molecule has 2 rings (SSSR count). The van der Waals surface area contributed by atoms with Crippen LogP contribution in [0, 0.1) is 0 Å². The number of aromatic nitrogens is 2. The SMILES string of the molecule is C=Cc1cn([C@@H]2O[C@H](COP(=O)([O-])CC(=O)[O-])[C@@H](O)[C@@H]2O)c(=O)[nH]c1=O.[Na+].[Na+]. The van der Waals surface area contributed by atoms with Gasteiger partial charge in [0.15, 0.2) is 6.23 Å². The molecule has 0 aromatic carbocycles. The van der Waals surface area contributed by atoms with Gasteiger partial charge in [0, 0.05) is 12.2 Å². The molecule has 28 heavy (non-hydrogen) atoms. The van der Waals surface area contributed by atoms with Crippen LogP contribution >= 0.6 is 7.60 Å². The second-order valence-electron chi connectivity index (χ2n) is 5.44. The predicted octanol–water partition coefficient (Wildman–Crippen LogP) is -9.87. The molecule has 5 atom stereocenters. The van der Waals surface area contributed by atoms with Gasteiger partial charge >= 0.3 is 64.8 Å². The molecule has 0 radical (unpaired) electrons. The zero-order valence-electron chi connectivity index (χ0n) is 15.1. The summed E-state index contributed by atoms with van der Waals surface area (Å²) in [6.45, 7) is 2.59. The van der Waals surface area contributed by atoms with Crippen LogP contribution in [0.5, 0.6) is 0 Å². The number of hydrogen-bond acceptors (Lipinski definition) is 10. The molecule has 15 heteroatoms. The number of hydrogen-bond donors (Lipinski definition) is 3. The molecule has 1 aromatic heterocycles. The molecule has 3 N–H and O–H groups in total. The number of carbonyl (C=O) groups is 1. The quantitative estimate of drug-likeness (QED) is 0.273. The Morgan fingerprint density at radius 2 is 2.00 bits per heavy atom. The van der Waals surface area contributed by atoms with Crippen LogP contribution < -0.4 is 80.4 Å². The van der Waals surface area contributed by atoms with Gasteiger partial charge in [-0.3, -0.25) is 14.3 Å². The molecule has 0 saturated carbocycles. The van der Waals surface area contributed by atoms with E-state index in [1.165, 1.54) is 0 Å². The number of nitrogens with zero attached hydrogens (tertiary/aromatic N) is 1. The fraction of sp³-hybridized carbons (Fsp3) is 0.462. The largest absolute Gasteiger partial charge is 1.00 e. The summed E-state index contributed by atoms with van der Waals surface area (Å²) >= 11 is 0. The molecular formula is C13H15N2Na2O10P. The van der Waals surface area contributed by atoms with Crippen molar-refractivity contribution in [2.45, 2.75) is 24.5 Å². The molecular weight excluding hydrogens is 421 g/mol. The van der Waals surface area contributed by atoms with Crippen molar-refractivity contribution in [3.05, 3.63) is 39.2 Å². The van der Waals surface area contributed by atoms with Crippen molar-refractivity contribution in [1.29, 1.82) is 0 Å². The Labute approximate surface area is 202 Å². The van der Waals surface area contributed by atoms with E-state index >= 15 is 0 Å². The van der Waals surface area contributed by atoms with Gasteiger partial charge in [-0.05, 0) is 0 Å². The van der Waals surface area contributed by atoms with Crippen molar-refractivity contribution in [2.24, 2.45) is 0 Å². The second kappa shape index (κ2) is 11.3. The molecule has 1 aliphatic rings. The molecule has 1 aliphatic heterocycles. The Hall–Kier alpha value is -0.0800. The summed E-state index contributed by atoms with van der Waals surface area (Å²) in [5.41, 5.74) is -1.67. The third-order valence-electron chi connectivity index (χ3n) is 3.58. The maximum Gasteiger partial charge on any atom is 1.00 e. The first kappa shape index (κ1) is 27.9. The van der Waals surface area contributed by atoms with Gasteiger partial charge in [0.1, 0.15) is 25.9 Å². The molecule has 1 aromatic rings. The van der Waals surface area contributed by atoms with Crippen molar-refractivity contribution < 1.29 is 97.9 Å². The van der Waals surface area contributed by atoms with E-state index in [4.69, 9.17) is 4.74 Å². The molecule has 0 amide bonds. The number of ether oxygens (including phenoxy) is 1. The number of rotatable bonds is 7. The van der Waals surface area contributed by atoms with Crippen molar-refractivity contribution in [3.8, 4) is 0 Å². The van der Waals surface area contributed by atoms with Crippen molar-refractivity contribution >= 4 is 19.6 Å². The predicted molar refractivity (Wildman–Crippen MR) is 80.8 cm³/mol. The zero-order valence-corrected chi connectivity index (χ0v) is 20.0. The summed E-state index contributed by atoms with van der Waals surface area (Å²) in [5, 5.41) is 30.3. The number of carboxylic acid groups (broad SMARTS) is 1. The van der Waals surface area contributed by atoms with Crippen molar-refractivity contribution in [2.75, 3.05) is 12.8 Å². The Morgan fingerprint density at radius 1 is 1.39 bits per heavy atom. The molecule has 1 unspecified atom stereocenters. The van der Waals surface area contributed by atoms with Crippen LogP contribution in [0.3, 0.4) is 0 Å². The van der Waals surface area contributed by atoms with E-state index in [0.29, 0.717) is 0 Å². The second-order valence-corrected chi connectivity index (χ2v) is 7.23. The van der Waals surface area contributed by atoms with Gasteiger partial charge in [0.25, 0.3) is 5.56 Å². The van der Waals surface area contributed by atoms with Crippen LogP contribution in [0.2, 0.25) is 0 Å². The third-order valence-corrected chi connectivity index (χ3v) is 4.77. The summed E-state index contributed by atoms with van der Waals surface area (Å²) in [4.78, 5) is 47.1. The molecule has 0 bridgehead atoms. The zero-order chi connectivity index (χ0) is 19.6. The minimum absolute atomic E-state index is 0. The Bertz CT molecular complexity index is 872. The molecule has 12 nitrogen and oxygen atoms in total. The summed E-state index contributed by atoms with van der Waals surface area (Å²) < 4.78 is 21.9. The number of aliphatic hydroxyl groups excluding tert-OH is 2. The standard InChI is InChI=1S/C13H17N2O10P.2Na/c1-2-6-3-15(13(21)14-11(6)20)12-10(19)9(18)7(25-12)4-24-26(22,23)5-8(16)17;;/h2-3,7,9-10,12,18-19H,1,4-5H2,(H,16,17)(H,22,23)(H,14,20,21);;/q;2*+1/p-2/t7-,9-,10+,12-;;/m1../s1. The van der Waals surface area contributed by atoms with Crippen LogP contribution in [-0.4, -0.2) is 56.8 Å². The maximum absolute atomic E-state index is 11.9. The average Bonchev–Trinajstić information content (AvgIpc) is 2.80. The van der Waals surface area contributed by atoms with E-state index < -0.39 is 62.1 Å². The monoisotopic (exact) mass is 436 g/mol. The normalized spacial score (nSPS) is 25.8. The van der Waals surface area contributed by atoms with E-state index in [2.05, 4.69) is 11.1 Å². The molecule has 1 fully saturated rings. The molecule has 144 valence electrons. The van der Waals surface area contributed by atoms with Gasteiger partial charge in [-0.15, -0.1) is 0 Å². The molecule has 1 saturated heterocycles. The Morgan fingerprint density at radius 3 is 2.54 bits per heavy atom.